The highest BCUT2D eigenvalue weighted by molar-refractivity contribution is 14.0. The van der Waals surface area contributed by atoms with Crippen molar-refractivity contribution in [1.82, 2.24) is 20.4 Å². The zero-order chi connectivity index (χ0) is 21.4. The molecular weight excluding hydrogens is 512 g/mol. The Hall–Kier alpha value is -2.31. The third-order valence-corrected chi connectivity index (χ3v) is 3.98. The molecule has 2 rings (SSSR count). The van der Waals surface area contributed by atoms with Gasteiger partial charge in [0.25, 0.3) is 0 Å². The smallest absolute Gasteiger partial charge is 0.246 e. The van der Waals surface area contributed by atoms with E-state index in [2.05, 4.69) is 26.0 Å². The van der Waals surface area contributed by atoms with Crippen LogP contribution in [0.3, 0.4) is 0 Å². The normalized spacial score (nSPS) is 11.1. The summed E-state index contributed by atoms with van der Waals surface area (Å²) in [5, 5.41) is 12.7. The molecule has 0 saturated carbocycles. The van der Waals surface area contributed by atoms with Crippen LogP contribution < -0.4 is 16.0 Å². The van der Waals surface area contributed by atoms with E-state index in [1.54, 1.807) is 0 Å². The Morgan fingerprint density at radius 1 is 1.17 bits per heavy atom. The number of halogens is 4. The van der Waals surface area contributed by atoms with E-state index in [9.17, 15) is 18.0 Å². The summed E-state index contributed by atoms with van der Waals surface area (Å²) < 4.78 is 41.7. The first-order valence-corrected chi connectivity index (χ1v) is 9.28. The highest BCUT2D eigenvalue weighted by Crippen LogP contribution is 2.19. The molecule has 1 heterocycles. The summed E-state index contributed by atoms with van der Waals surface area (Å²) in [4.78, 5) is 16.1. The Morgan fingerprint density at radius 2 is 1.90 bits per heavy atom. The van der Waals surface area contributed by atoms with Crippen LogP contribution in [0.2, 0.25) is 0 Å². The fourth-order valence-electron chi connectivity index (χ4n) is 2.64. The van der Waals surface area contributed by atoms with Crippen LogP contribution in [-0.2, 0) is 11.3 Å². The van der Waals surface area contributed by atoms with Gasteiger partial charge in [-0.25, -0.2) is 18.2 Å². The number of hydrogen-bond acceptors (Lipinski definition) is 3. The lowest BCUT2D eigenvalue weighted by atomic mass is 10.3. The lowest BCUT2D eigenvalue weighted by Crippen LogP contribution is -2.38. The zero-order valence-corrected chi connectivity index (χ0v) is 19.4. The first-order chi connectivity index (χ1) is 13.8. The van der Waals surface area contributed by atoms with Gasteiger partial charge >= 0.3 is 0 Å². The first kappa shape index (κ1) is 25.7. The number of carbonyl (C=O) groups excluding carboxylic acids is 1. The van der Waals surface area contributed by atoms with Crippen molar-refractivity contribution in [2.75, 3.05) is 25.0 Å². The molecule has 2 aromatic rings. The van der Waals surface area contributed by atoms with Crippen molar-refractivity contribution in [3.63, 3.8) is 0 Å². The highest BCUT2D eigenvalue weighted by Gasteiger charge is 2.15. The largest absolute Gasteiger partial charge is 0.357 e. The Morgan fingerprint density at radius 3 is 2.53 bits per heavy atom. The SMILES string of the molecule is CCNC(=NCC(=O)Nc1ccc(F)c(F)c1F)NCCCn1nc(C)cc1C.I. The van der Waals surface area contributed by atoms with Gasteiger partial charge in [-0.15, -0.1) is 24.0 Å². The minimum atomic E-state index is -1.64. The van der Waals surface area contributed by atoms with Crippen molar-refractivity contribution < 1.29 is 18.0 Å². The number of hydrogen-bond donors (Lipinski definition) is 3. The van der Waals surface area contributed by atoms with Gasteiger partial charge in [0.1, 0.15) is 6.54 Å². The van der Waals surface area contributed by atoms with Crippen molar-refractivity contribution in [1.29, 1.82) is 0 Å². The van der Waals surface area contributed by atoms with Crippen molar-refractivity contribution in [3.05, 3.63) is 47.0 Å². The number of benzene rings is 1. The molecule has 0 atom stereocenters. The van der Waals surface area contributed by atoms with Gasteiger partial charge in [0.2, 0.25) is 5.91 Å². The predicted molar refractivity (Wildman–Crippen MR) is 121 cm³/mol. The maximum absolute atomic E-state index is 13.6. The van der Waals surface area contributed by atoms with Crippen LogP contribution >= 0.6 is 24.0 Å². The molecule has 0 spiro atoms. The lowest BCUT2D eigenvalue weighted by molar-refractivity contribution is -0.114. The number of rotatable bonds is 8. The molecule has 0 bridgehead atoms. The van der Waals surface area contributed by atoms with E-state index in [0.29, 0.717) is 19.0 Å². The van der Waals surface area contributed by atoms with Gasteiger partial charge in [-0.1, -0.05) is 0 Å². The molecule has 3 N–H and O–H groups in total. The standard InChI is InChI=1S/C19H25F3N6O.HI/c1-4-23-19(24-8-5-9-28-13(3)10-12(2)27-28)25-11-16(29)26-15-7-6-14(20)17(21)18(15)22;/h6-7,10H,4-5,8-9,11H2,1-3H3,(H,26,29)(H2,23,24,25);1H. The molecule has 0 unspecified atom stereocenters. The van der Waals surface area contributed by atoms with Gasteiger partial charge in [-0.05, 0) is 45.4 Å². The van der Waals surface area contributed by atoms with Crippen molar-refractivity contribution in [3.8, 4) is 0 Å². The Balaban J connectivity index is 0.00000450. The number of anilines is 1. The summed E-state index contributed by atoms with van der Waals surface area (Å²) >= 11 is 0. The third kappa shape index (κ3) is 7.50. The topological polar surface area (TPSA) is 83.3 Å². The second kappa shape index (κ2) is 12.4. The monoisotopic (exact) mass is 538 g/mol. The van der Waals surface area contributed by atoms with Gasteiger partial charge in [0, 0.05) is 25.3 Å². The molecular formula is C19H26F3IN6O. The number of nitrogens with zero attached hydrogens (tertiary/aromatic N) is 3. The molecule has 0 aliphatic rings. The third-order valence-electron chi connectivity index (χ3n) is 3.98. The van der Waals surface area contributed by atoms with Crippen LogP contribution in [-0.4, -0.2) is 41.3 Å². The molecule has 0 radical (unpaired) electrons. The molecule has 1 amide bonds. The summed E-state index contributed by atoms with van der Waals surface area (Å²) in [6.45, 7) is 7.42. The molecule has 0 aliphatic carbocycles. The molecule has 1 aromatic carbocycles. The van der Waals surface area contributed by atoms with E-state index >= 15 is 0 Å². The maximum atomic E-state index is 13.6. The van der Waals surface area contributed by atoms with Crippen molar-refractivity contribution in [2.45, 2.75) is 33.7 Å². The number of nitrogens with one attached hydrogen (secondary N) is 3. The summed E-state index contributed by atoms with van der Waals surface area (Å²) in [6.07, 6.45) is 0.790. The van der Waals surface area contributed by atoms with Crippen LogP contribution in [0.1, 0.15) is 24.7 Å². The summed E-state index contributed by atoms with van der Waals surface area (Å²) in [5.74, 6) is -4.64. The molecule has 166 valence electrons. The molecule has 7 nitrogen and oxygen atoms in total. The number of guanidine groups is 1. The molecule has 0 fully saturated rings. The van der Waals surface area contributed by atoms with Crippen LogP contribution in [0.15, 0.2) is 23.2 Å². The summed E-state index contributed by atoms with van der Waals surface area (Å²) in [7, 11) is 0. The van der Waals surface area contributed by atoms with E-state index in [1.165, 1.54) is 0 Å². The fraction of sp³-hybridized carbons (Fsp3) is 0.421. The molecule has 11 heteroatoms. The number of aryl methyl sites for hydroxylation is 3. The number of amides is 1. The van der Waals surface area contributed by atoms with E-state index in [4.69, 9.17) is 0 Å². The highest BCUT2D eigenvalue weighted by atomic mass is 127. The summed E-state index contributed by atoms with van der Waals surface area (Å²) in [5.41, 5.74) is 1.62. The van der Waals surface area contributed by atoms with E-state index in [-0.39, 0.29) is 30.5 Å². The van der Waals surface area contributed by atoms with E-state index in [0.717, 1.165) is 36.5 Å². The minimum absolute atomic E-state index is 0. The first-order valence-electron chi connectivity index (χ1n) is 9.28. The zero-order valence-electron chi connectivity index (χ0n) is 17.1. The van der Waals surface area contributed by atoms with Gasteiger partial charge in [-0.2, -0.15) is 5.10 Å². The second-order valence-electron chi connectivity index (χ2n) is 6.40. The van der Waals surface area contributed by atoms with Crippen LogP contribution in [0.4, 0.5) is 18.9 Å². The molecule has 0 aliphatic heterocycles. The van der Waals surface area contributed by atoms with Gasteiger partial charge < -0.3 is 16.0 Å². The quantitative estimate of drug-likeness (QED) is 0.159. The second-order valence-corrected chi connectivity index (χ2v) is 6.40. The maximum Gasteiger partial charge on any atom is 0.246 e. The van der Waals surface area contributed by atoms with Crippen LogP contribution in [0.25, 0.3) is 0 Å². The minimum Gasteiger partial charge on any atom is -0.357 e. The average Bonchev–Trinajstić information content (AvgIpc) is 3.00. The summed E-state index contributed by atoms with van der Waals surface area (Å²) in [6, 6.07) is 3.71. The Labute approximate surface area is 190 Å². The van der Waals surface area contributed by atoms with Gasteiger partial charge in [0.05, 0.1) is 11.4 Å². The lowest BCUT2D eigenvalue weighted by Gasteiger charge is -2.12. The number of aliphatic imine (C=N–C) groups is 1. The molecule has 30 heavy (non-hydrogen) atoms. The van der Waals surface area contributed by atoms with Crippen LogP contribution in [0, 0.1) is 31.3 Å². The Kier molecular flexibility index (Phi) is 10.6. The van der Waals surface area contributed by atoms with E-state index in [1.807, 2.05) is 31.5 Å². The number of carbonyl (C=O) groups is 1. The van der Waals surface area contributed by atoms with Gasteiger partial charge in [-0.3, -0.25) is 9.48 Å². The van der Waals surface area contributed by atoms with E-state index < -0.39 is 29.0 Å². The Bertz CT molecular complexity index is 887. The van der Waals surface area contributed by atoms with Crippen LogP contribution in [0.5, 0.6) is 0 Å². The average molecular weight is 538 g/mol. The molecule has 1 aromatic heterocycles. The fourth-order valence-corrected chi connectivity index (χ4v) is 2.64. The van der Waals surface area contributed by atoms with Gasteiger partial charge in [0.15, 0.2) is 23.4 Å². The number of aromatic nitrogens is 2. The molecule has 0 saturated heterocycles. The predicted octanol–water partition coefficient (Wildman–Crippen LogP) is 3.12. The van der Waals surface area contributed by atoms with Crippen molar-refractivity contribution in [2.24, 2.45) is 4.99 Å². The van der Waals surface area contributed by atoms with Crippen molar-refractivity contribution >= 4 is 41.5 Å².